The van der Waals surface area contributed by atoms with Crippen LogP contribution in [0.3, 0.4) is 0 Å². The van der Waals surface area contributed by atoms with Crippen molar-refractivity contribution in [3.63, 3.8) is 0 Å². The van der Waals surface area contributed by atoms with Gasteiger partial charge in [-0.25, -0.2) is 4.98 Å². The fraction of sp³-hybridized carbons (Fsp3) is 0.440. The van der Waals surface area contributed by atoms with Gasteiger partial charge in [0.15, 0.2) is 11.5 Å². The lowest BCUT2D eigenvalue weighted by molar-refractivity contribution is 0.314. The molecule has 3 N–H and O–H groups in total. The van der Waals surface area contributed by atoms with Crippen molar-refractivity contribution in [3.05, 3.63) is 48.0 Å². The summed E-state index contributed by atoms with van der Waals surface area (Å²) in [5, 5.41) is 18.6. The second kappa shape index (κ2) is 10.0. The van der Waals surface area contributed by atoms with Gasteiger partial charge in [0, 0.05) is 43.7 Å². The Morgan fingerprint density at radius 3 is 2.50 bits per heavy atom. The number of aromatic hydroxyl groups is 1. The lowest BCUT2D eigenvalue weighted by Crippen LogP contribution is -2.37. The molecule has 4 rings (SSSR count). The van der Waals surface area contributed by atoms with Gasteiger partial charge >= 0.3 is 0 Å². The van der Waals surface area contributed by atoms with E-state index in [-0.39, 0.29) is 5.75 Å². The Morgan fingerprint density at radius 2 is 1.75 bits per heavy atom. The van der Waals surface area contributed by atoms with E-state index in [1.54, 1.807) is 6.07 Å². The Bertz CT molecular complexity index is 1050. The molecule has 0 unspecified atom stereocenters. The molecule has 0 bridgehead atoms. The molecular weight excluding hydrogens is 402 g/mol. The van der Waals surface area contributed by atoms with E-state index in [0.29, 0.717) is 36.9 Å². The van der Waals surface area contributed by atoms with Crippen molar-refractivity contribution in [2.75, 3.05) is 30.9 Å². The number of hydrogen-bond acceptors (Lipinski definition) is 7. The van der Waals surface area contributed by atoms with Crippen molar-refractivity contribution in [2.24, 2.45) is 0 Å². The maximum atomic E-state index is 10.4. The lowest BCUT2D eigenvalue weighted by Gasteiger charge is -2.30. The summed E-state index contributed by atoms with van der Waals surface area (Å²) in [6.07, 6.45) is 4.24. The molecule has 1 saturated carbocycles. The van der Waals surface area contributed by atoms with Crippen LogP contribution < -0.4 is 20.3 Å². The van der Waals surface area contributed by atoms with Gasteiger partial charge in [0.25, 0.3) is 0 Å². The minimum absolute atomic E-state index is 0.238. The fourth-order valence-corrected chi connectivity index (χ4v) is 4.33. The van der Waals surface area contributed by atoms with E-state index in [0.717, 1.165) is 48.0 Å². The van der Waals surface area contributed by atoms with Crippen molar-refractivity contribution in [1.29, 1.82) is 0 Å². The Labute approximate surface area is 189 Å². The van der Waals surface area contributed by atoms with Crippen LogP contribution in [-0.4, -0.2) is 47.9 Å². The van der Waals surface area contributed by atoms with Gasteiger partial charge in [-0.1, -0.05) is 24.3 Å². The number of phenolic OH excluding ortho intramolecular Hbond substituents is 1. The van der Waals surface area contributed by atoms with E-state index >= 15 is 0 Å². The van der Waals surface area contributed by atoms with Crippen molar-refractivity contribution in [1.82, 2.24) is 15.3 Å². The third-order valence-electron chi connectivity index (χ3n) is 6.03. The largest absolute Gasteiger partial charge is 0.504 e. The van der Waals surface area contributed by atoms with Crippen LogP contribution in [0, 0.1) is 0 Å². The van der Waals surface area contributed by atoms with Crippen LogP contribution in [0.25, 0.3) is 10.9 Å². The molecular formula is C25H33N5O2. The number of nitrogens with one attached hydrogen (secondary N) is 2. The number of benzene rings is 2. The minimum atomic E-state index is 0.238. The first kappa shape index (κ1) is 22.1. The molecule has 0 aliphatic heterocycles. The molecule has 7 nitrogen and oxygen atoms in total. The van der Waals surface area contributed by atoms with Gasteiger partial charge < -0.3 is 25.4 Å². The average Bonchev–Trinajstić information content (AvgIpc) is 2.80. The van der Waals surface area contributed by atoms with E-state index in [9.17, 15) is 5.11 Å². The number of phenols is 1. The van der Waals surface area contributed by atoms with Gasteiger partial charge in [0.1, 0.15) is 5.82 Å². The van der Waals surface area contributed by atoms with Crippen LogP contribution in [-0.2, 0) is 6.54 Å². The molecule has 1 aromatic heterocycles. The molecule has 0 radical (unpaired) electrons. The topological polar surface area (TPSA) is 82.5 Å². The number of nitrogens with zero attached hydrogens (tertiary/aromatic N) is 3. The fourth-order valence-electron chi connectivity index (χ4n) is 4.33. The molecule has 0 amide bonds. The summed E-state index contributed by atoms with van der Waals surface area (Å²) in [6, 6.07) is 14.6. The predicted molar refractivity (Wildman–Crippen MR) is 130 cm³/mol. The van der Waals surface area contributed by atoms with Crippen molar-refractivity contribution >= 4 is 22.7 Å². The minimum Gasteiger partial charge on any atom is -0.504 e. The molecule has 1 heterocycles. The molecule has 0 spiro atoms. The Kier molecular flexibility index (Phi) is 6.95. The maximum Gasteiger partial charge on any atom is 0.225 e. The first-order chi connectivity index (χ1) is 15.5. The highest BCUT2D eigenvalue weighted by Crippen LogP contribution is 2.30. The van der Waals surface area contributed by atoms with Crippen LogP contribution in [0.4, 0.5) is 11.8 Å². The predicted octanol–water partition coefficient (Wildman–Crippen LogP) is 4.31. The molecule has 1 aliphatic rings. The molecule has 7 heteroatoms. The SMILES string of the molecule is CCOc1cccc(CN[C@H]2CC[C@@H](Nc3nc(N(C)C)c4ccccc4n3)CC2)c1O. The van der Waals surface area contributed by atoms with E-state index in [2.05, 4.69) is 16.7 Å². The highest BCUT2D eigenvalue weighted by Gasteiger charge is 2.22. The summed E-state index contributed by atoms with van der Waals surface area (Å²) < 4.78 is 5.49. The summed E-state index contributed by atoms with van der Waals surface area (Å²) in [4.78, 5) is 11.5. The quantitative estimate of drug-likeness (QED) is 0.486. The van der Waals surface area contributed by atoms with E-state index < -0.39 is 0 Å². The highest BCUT2D eigenvalue weighted by atomic mass is 16.5. The van der Waals surface area contributed by atoms with Crippen LogP contribution in [0.2, 0.25) is 0 Å². The standard InChI is InChI=1S/C25H33N5O2/c1-4-32-22-11-7-8-17(23(22)31)16-26-18-12-14-19(15-13-18)27-25-28-21-10-6-5-9-20(21)24(29-25)30(2)3/h5-11,18-19,26,31H,4,12-16H2,1-3H3,(H,27,28,29)/t18-,19+. The van der Waals surface area contributed by atoms with Gasteiger partial charge in [0.2, 0.25) is 5.95 Å². The summed E-state index contributed by atoms with van der Waals surface area (Å²) >= 11 is 0. The van der Waals surface area contributed by atoms with Crippen molar-refractivity contribution in [3.8, 4) is 11.5 Å². The number of para-hydroxylation sites is 2. The van der Waals surface area contributed by atoms with Gasteiger partial charge in [-0.05, 0) is 50.8 Å². The number of hydrogen-bond donors (Lipinski definition) is 3. The van der Waals surface area contributed by atoms with E-state index in [1.165, 1.54) is 0 Å². The number of aromatic nitrogens is 2. The maximum absolute atomic E-state index is 10.4. The molecule has 0 atom stereocenters. The third kappa shape index (κ3) is 5.05. The molecule has 3 aromatic rings. The smallest absolute Gasteiger partial charge is 0.225 e. The zero-order valence-corrected chi connectivity index (χ0v) is 19.1. The summed E-state index contributed by atoms with van der Waals surface area (Å²) in [6.45, 7) is 3.09. The zero-order chi connectivity index (χ0) is 22.5. The van der Waals surface area contributed by atoms with Gasteiger partial charge in [-0.2, -0.15) is 4.98 Å². The van der Waals surface area contributed by atoms with Crippen LogP contribution >= 0.6 is 0 Å². The van der Waals surface area contributed by atoms with Crippen LogP contribution in [0.15, 0.2) is 42.5 Å². The van der Waals surface area contributed by atoms with Crippen molar-refractivity contribution < 1.29 is 9.84 Å². The Balaban J connectivity index is 1.33. The number of anilines is 2. The van der Waals surface area contributed by atoms with Crippen LogP contribution in [0.5, 0.6) is 11.5 Å². The zero-order valence-electron chi connectivity index (χ0n) is 19.1. The Morgan fingerprint density at radius 1 is 1.00 bits per heavy atom. The summed E-state index contributed by atoms with van der Waals surface area (Å²) in [5.74, 6) is 2.42. The molecule has 1 fully saturated rings. The number of fused-ring (bicyclic) bond motifs is 1. The van der Waals surface area contributed by atoms with Gasteiger partial charge in [-0.15, -0.1) is 0 Å². The monoisotopic (exact) mass is 435 g/mol. The van der Waals surface area contributed by atoms with Crippen LogP contribution in [0.1, 0.15) is 38.2 Å². The second-order valence-electron chi connectivity index (χ2n) is 8.55. The first-order valence-electron chi connectivity index (χ1n) is 11.4. The van der Waals surface area contributed by atoms with Gasteiger partial charge in [0.05, 0.1) is 12.1 Å². The molecule has 0 saturated heterocycles. The van der Waals surface area contributed by atoms with E-state index in [1.807, 2.05) is 56.3 Å². The summed E-state index contributed by atoms with van der Waals surface area (Å²) in [7, 11) is 4.02. The number of ether oxygens (including phenoxy) is 1. The first-order valence-corrected chi connectivity index (χ1v) is 11.4. The van der Waals surface area contributed by atoms with Crippen molar-refractivity contribution in [2.45, 2.75) is 51.2 Å². The molecule has 32 heavy (non-hydrogen) atoms. The summed E-state index contributed by atoms with van der Waals surface area (Å²) in [5.41, 5.74) is 1.83. The highest BCUT2D eigenvalue weighted by molar-refractivity contribution is 5.90. The normalized spacial score (nSPS) is 18.5. The third-order valence-corrected chi connectivity index (χ3v) is 6.03. The second-order valence-corrected chi connectivity index (χ2v) is 8.55. The lowest BCUT2D eigenvalue weighted by atomic mass is 9.91. The van der Waals surface area contributed by atoms with Gasteiger partial charge in [-0.3, -0.25) is 0 Å². The number of rotatable bonds is 8. The Hall–Kier alpha value is -3.06. The van der Waals surface area contributed by atoms with E-state index in [4.69, 9.17) is 14.7 Å². The molecule has 1 aliphatic carbocycles. The average molecular weight is 436 g/mol. The molecule has 170 valence electrons. The molecule has 2 aromatic carbocycles.